The third-order valence-electron chi connectivity index (χ3n) is 4.76. The summed E-state index contributed by atoms with van der Waals surface area (Å²) in [5.41, 5.74) is -0.0660. The van der Waals surface area contributed by atoms with E-state index in [0.29, 0.717) is 27.9 Å². The molecule has 0 spiro atoms. The summed E-state index contributed by atoms with van der Waals surface area (Å²) < 4.78 is 12.3. The average Bonchev–Trinajstić information content (AvgIpc) is 2.86. The molecule has 2 heterocycles. The molecule has 0 saturated carbocycles. The van der Waals surface area contributed by atoms with E-state index in [2.05, 4.69) is 10.3 Å². The minimum atomic E-state index is -0.697. The van der Waals surface area contributed by atoms with Crippen molar-refractivity contribution < 1.29 is 14.3 Å². The molecule has 168 valence electrons. The largest absolute Gasteiger partial charge is 0.497 e. The van der Waals surface area contributed by atoms with Crippen molar-refractivity contribution in [1.82, 2.24) is 9.38 Å². The van der Waals surface area contributed by atoms with Crippen LogP contribution in [0.15, 0.2) is 83.3 Å². The first kappa shape index (κ1) is 22.6. The maximum Gasteiger partial charge on any atom is 0.269 e. The Labute approximate surface area is 199 Å². The molecule has 0 aliphatic rings. The molecule has 1 N–H and O–H groups in total. The number of ether oxygens (including phenoxy) is 2. The molecule has 2 aromatic carbocycles. The Hall–Kier alpha value is -4.61. The van der Waals surface area contributed by atoms with Crippen LogP contribution < -0.4 is 20.3 Å². The van der Waals surface area contributed by atoms with Crippen molar-refractivity contribution in [2.45, 2.75) is 0 Å². The fraction of sp³-hybridized carbons (Fsp3) is 0.0400. The van der Waals surface area contributed by atoms with Gasteiger partial charge in [0.15, 0.2) is 0 Å². The Kier molecular flexibility index (Phi) is 6.57. The van der Waals surface area contributed by atoms with Crippen LogP contribution in [0.2, 0.25) is 5.02 Å². The zero-order valence-corrected chi connectivity index (χ0v) is 18.6. The molecule has 8 nitrogen and oxygen atoms in total. The molecule has 0 saturated heterocycles. The van der Waals surface area contributed by atoms with Crippen molar-refractivity contribution in [3.63, 3.8) is 0 Å². The predicted octanol–water partition coefficient (Wildman–Crippen LogP) is 4.69. The molecule has 4 aromatic rings. The second-order valence-electron chi connectivity index (χ2n) is 6.97. The molecule has 1 amide bonds. The van der Waals surface area contributed by atoms with Gasteiger partial charge in [-0.3, -0.25) is 14.0 Å². The molecule has 2 aromatic heterocycles. The molecule has 0 unspecified atom stereocenters. The highest BCUT2D eigenvalue weighted by molar-refractivity contribution is 6.30. The molecule has 0 aliphatic heterocycles. The van der Waals surface area contributed by atoms with Gasteiger partial charge in [-0.05, 0) is 66.7 Å². The summed E-state index contributed by atoms with van der Waals surface area (Å²) in [5, 5.41) is 12.7. The van der Waals surface area contributed by atoms with Crippen LogP contribution >= 0.6 is 11.6 Å². The fourth-order valence-electron chi connectivity index (χ4n) is 3.06. The number of hydrogen-bond donors (Lipinski definition) is 1. The molecule has 0 bridgehead atoms. The number of methoxy groups -OCH3 is 1. The zero-order chi connectivity index (χ0) is 24.1. The Balaban J connectivity index is 1.77. The number of carbonyl (C=O) groups is 1. The van der Waals surface area contributed by atoms with Crippen LogP contribution in [0.1, 0.15) is 5.56 Å². The minimum Gasteiger partial charge on any atom is -0.497 e. The number of anilines is 1. The number of amides is 1. The smallest absolute Gasteiger partial charge is 0.269 e. The molecular weight excluding hydrogens is 456 g/mol. The first-order chi connectivity index (χ1) is 16.5. The van der Waals surface area contributed by atoms with Crippen LogP contribution in [0.25, 0.3) is 11.7 Å². The lowest BCUT2D eigenvalue weighted by molar-refractivity contribution is -0.112. The highest BCUT2D eigenvalue weighted by atomic mass is 35.5. The average molecular weight is 473 g/mol. The Morgan fingerprint density at radius 3 is 2.47 bits per heavy atom. The van der Waals surface area contributed by atoms with E-state index in [-0.39, 0.29) is 17.0 Å². The summed E-state index contributed by atoms with van der Waals surface area (Å²) in [7, 11) is 1.54. The van der Waals surface area contributed by atoms with Crippen LogP contribution in [0.4, 0.5) is 5.69 Å². The van der Waals surface area contributed by atoms with E-state index in [0.717, 1.165) is 0 Å². The summed E-state index contributed by atoms with van der Waals surface area (Å²) in [5.74, 6) is 0.280. The number of nitrogens with one attached hydrogen (secondary N) is 1. The highest BCUT2D eigenvalue weighted by Gasteiger charge is 2.17. The van der Waals surface area contributed by atoms with Gasteiger partial charge < -0.3 is 14.8 Å². The van der Waals surface area contributed by atoms with E-state index < -0.39 is 11.5 Å². The number of benzene rings is 2. The van der Waals surface area contributed by atoms with E-state index >= 15 is 0 Å². The monoisotopic (exact) mass is 472 g/mol. The zero-order valence-electron chi connectivity index (χ0n) is 17.9. The number of rotatable bonds is 6. The van der Waals surface area contributed by atoms with Gasteiger partial charge in [0, 0.05) is 16.9 Å². The van der Waals surface area contributed by atoms with E-state index in [4.69, 9.17) is 21.1 Å². The van der Waals surface area contributed by atoms with Gasteiger partial charge in [0.1, 0.15) is 34.4 Å². The maximum atomic E-state index is 13.2. The second-order valence-corrected chi connectivity index (χ2v) is 7.41. The normalized spacial score (nSPS) is 11.0. The van der Waals surface area contributed by atoms with Gasteiger partial charge in [0.25, 0.3) is 11.5 Å². The molecule has 0 aliphatic carbocycles. The number of nitrogens with zero attached hydrogens (tertiary/aromatic N) is 3. The molecule has 0 atom stereocenters. The first-order valence-corrected chi connectivity index (χ1v) is 10.4. The number of fused-ring (bicyclic) bond motifs is 1. The van der Waals surface area contributed by atoms with E-state index in [9.17, 15) is 14.9 Å². The third-order valence-corrected chi connectivity index (χ3v) is 5.02. The van der Waals surface area contributed by atoms with Crippen molar-refractivity contribution >= 4 is 34.9 Å². The second kappa shape index (κ2) is 9.90. The van der Waals surface area contributed by atoms with Crippen molar-refractivity contribution in [2.24, 2.45) is 0 Å². The van der Waals surface area contributed by atoms with Crippen molar-refractivity contribution in [3.05, 3.63) is 99.4 Å². The van der Waals surface area contributed by atoms with Gasteiger partial charge in [-0.2, -0.15) is 10.2 Å². The van der Waals surface area contributed by atoms with Gasteiger partial charge in [-0.15, -0.1) is 0 Å². The van der Waals surface area contributed by atoms with Gasteiger partial charge in [0.2, 0.25) is 5.88 Å². The Bertz CT molecular complexity index is 1490. The van der Waals surface area contributed by atoms with Crippen molar-refractivity contribution in [2.75, 3.05) is 12.4 Å². The van der Waals surface area contributed by atoms with Crippen LogP contribution in [0.3, 0.4) is 0 Å². The van der Waals surface area contributed by atoms with E-state index in [1.165, 1.54) is 10.5 Å². The van der Waals surface area contributed by atoms with Crippen LogP contribution in [0.5, 0.6) is 17.4 Å². The lowest BCUT2D eigenvalue weighted by atomic mass is 10.1. The number of nitriles is 1. The molecule has 0 radical (unpaired) electrons. The van der Waals surface area contributed by atoms with E-state index in [1.807, 2.05) is 6.07 Å². The summed E-state index contributed by atoms with van der Waals surface area (Å²) in [6.45, 7) is 0. The van der Waals surface area contributed by atoms with Crippen LogP contribution in [0, 0.1) is 11.3 Å². The number of hydrogen-bond acceptors (Lipinski definition) is 6. The van der Waals surface area contributed by atoms with Gasteiger partial charge >= 0.3 is 0 Å². The standard InChI is InChI=1S/C25H17ClN4O4/c1-33-19-9-11-20(12-10-19)34-24-21(25(32)30-13-3-2-4-22(30)29-24)14-16(15-27)23(31)28-18-7-5-17(26)6-8-18/h2-14H,1H3,(H,28,31). The first-order valence-electron chi connectivity index (χ1n) is 10.0. The van der Waals surface area contributed by atoms with Crippen LogP contribution in [-0.2, 0) is 4.79 Å². The number of aromatic nitrogens is 2. The minimum absolute atomic E-state index is 0.0478. The summed E-state index contributed by atoms with van der Waals surface area (Å²) in [6, 6.07) is 20.0. The Morgan fingerprint density at radius 2 is 1.79 bits per heavy atom. The van der Waals surface area contributed by atoms with E-state index in [1.54, 1.807) is 80.0 Å². The van der Waals surface area contributed by atoms with Gasteiger partial charge in [0.05, 0.1) is 7.11 Å². The summed E-state index contributed by atoms with van der Waals surface area (Å²) in [4.78, 5) is 30.4. The maximum absolute atomic E-state index is 13.2. The lowest BCUT2D eigenvalue weighted by Gasteiger charge is -2.11. The lowest BCUT2D eigenvalue weighted by Crippen LogP contribution is -2.20. The van der Waals surface area contributed by atoms with Crippen molar-refractivity contribution in [3.8, 4) is 23.4 Å². The molecule has 34 heavy (non-hydrogen) atoms. The predicted molar refractivity (Wildman–Crippen MR) is 128 cm³/mol. The van der Waals surface area contributed by atoms with Crippen molar-refractivity contribution in [1.29, 1.82) is 5.26 Å². The number of pyridine rings is 1. The summed E-state index contributed by atoms with van der Waals surface area (Å²) in [6.07, 6.45) is 2.71. The highest BCUT2D eigenvalue weighted by Crippen LogP contribution is 2.26. The van der Waals surface area contributed by atoms with Crippen LogP contribution in [-0.4, -0.2) is 22.4 Å². The molecular formula is C25H17ClN4O4. The molecule has 0 fully saturated rings. The van der Waals surface area contributed by atoms with Gasteiger partial charge in [-0.25, -0.2) is 0 Å². The van der Waals surface area contributed by atoms with Gasteiger partial charge in [-0.1, -0.05) is 17.7 Å². The molecule has 4 rings (SSSR count). The summed E-state index contributed by atoms with van der Waals surface area (Å²) >= 11 is 5.87. The number of halogens is 1. The fourth-order valence-corrected chi connectivity index (χ4v) is 3.19. The number of carbonyl (C=O) groups excluding carboxylic acids is 1. The molecule has 9 heteroatoms. The topological polar surface area (TPSA) is 106 Å². The Morgan fingerprint density at radius 1 is 1.09 bits per heavy atom. The SMILES string of the molecule is COc1ccc(Oc2nc3ccccn3c(=O)c2C=C(C#N)C(=O)Nc2ccc(Cl)cc2)cc1. The third kappa shape index (κ3) is 4.90. The quantitative estimate of drug-likeness (QED) is 0.322.